The molecular formula is C11H4ClNO4. The van der Waals surface area contributed by atoms with E-state index in [2.05, 4.69) is 4.74 Å². The van der Waals surface area contributed by atoms with Crippen LogP contribution in [-0.4, -0.2) is 16.4 Å². The van der Waals surface area contributed by atoms with Gasteiger partial charge in [-0.25, -0.2) is 9.36 Å². The van der Waals surface area contributed by atoms with E-state index >= 15 is 0 Å². The molecule has 5 nitrogen and oxygen atoms in total. The van der Waals surface area contributed by atoms with E-state index in [4.69, 9.17) is 11.6 Å². The summed E-state index contributed by atoms with van der Waals surface area (Å²) in [6, 6.07) is 5.60. The summed E-state index contributed by atoms with van der Waals surface area (Å²) in [6.07, 6.45) is 0. The van der Waals surface area contributed by atoms with E-state index in [1.54, 1.807) is 6.07 Å². The number of carbonyl (C=O) groups is 2. The Balaban J connectivity index is 2.54. The van der Waals surface area contributed by atoms with Crippen molar-refractivity contribution in [3.05, 3.63) is 39.5 Å². The highest BCUT2D eigenvalue weighted by Gasteiger charge is 2.31. The molecule has 0 aliphatic carbocycles. The van der Waals surface area contributed by atoms with Gasteiger partial charge >= 0.3 is 11.9 Å². The average Bonchev–Trinajstić information content (AvgIpc) is 2.54. The Bertz CT molecular complexity index is 747. The number of nitrogens with zero attached hydrogens (tertiary/aromatic N) is 1. The highest BCUT2D eigenvalue weighted by Crippen LogP contribution is 2.25. The Morgan fingerprint density at radius 2 is 1.88 bits per heavy atom. The molecule has 0 saturated heterocycles. The van der Waals surface area contributed by atoms with Crippen molar-refractivity contribution in [2.24, 2.45) is 0 Å². The second-order valence-electron chi connectivity index (χ2n) is 3.54. The third kappa shape index (κ3) is 1.29. The predicted octanol–water partition coefficient (Wildman–Crippen LogP) is 1.21. The summed E-state index contributed by atoms with van der Waals surface area (Å²) in [6.45, 7) is 0. The lowest BCUT2D eigenvalue weighted by atomic mass is 10.2. The second-order valence-corrected chi connectivity index (χ2v) is 3.97. The lowest BCUT2D eigenvalue weighted by Gasteiger charge is -2.04. The molecule has 0 N–H and O–H groups in total. The molecule has 84 valence electrons. The SMILES string of the molecule is O=C1Oc2cc(=O)c3ccc(Cl)cc3n2C1=O. The van der Waals surface area contributed by atoms with Crippen molar-refractivity contribution in [1.29, 1.82) is 0 Å². The van der Waals surface area contributed by atoms with Gasteiger partial charge in [-0.1, -0.05) is 11.6 Å². The zero-order valence-corrected chi connectivity index (χ0v) is 9.02. The van der Waals surface area contributed by atoms with Crippen molar-refractivity contribution < 1.29 is 14.3 Å². The van der Waals surface area contributed by atoms with E-state index in [0.29, 0.717) is 10.4 Å². The van der Waals surface area contributed by atoms with Crippen molar-refractivity contribution in [3.63, 3.8) is 0 Å². The molecule has 1 aromatic carbocycles. The maximum atomic E-state index is 11.7. The first-order valence-corrected chi connectivity index (χ1v) is 5.07. The van der Waals surface area contributed by atoms with Crippen LogP contribution < -0.4 is 10.2 Å². The number of benzene rings is 1. The van der Waals surface area contributed by atoms with Crippen molar-refractivity contribution in [1.82, 2.24) is 4.57 Å². The third-order valence-electron chi connectivity index (χ3n) is 2.52. The summed E-state index contributed by atoms with van der Waals surface area (Å²) < 4.78 is 5.73. The van der Waals surface area contributed by atoms with Gasteiger partial charge in [0.2, 0.25) is 5.88 Å². The van der Waals surface area contributed by atoms with Crippen molar-refractivity contribution in [3.8, 4) is 5.88 Å². The van der Waals surface area contributed by atoms with Crippen LogP contribution in [0, 0.1) is 0 Å². The van der Waals surface area contributed by atoms with Crippen LogP contribution in [0.2, 0.25) is 5.02 Å². The lowest BCUT2D eigenvalue weighted by Crippen LogP contribution is -2.16. The van der Waals surface area contributed by atoms with Gasteiger partial charge in [-0.05, 0) is 18.2 Å². The summed E-state index contributed by atoms with van der Waals surface area (Å²) in [4.78, 5) is 34.4. The predicted molar refractivity (Wildman–Crippen MR) is 59.5 cm³/mol. The smallest absolute Gasteiger partial charge is 0.401 e. The van der Waals surface area contributed by atoms with E-state index < -0.39 is 11.9 Å². The Morgan fingerprint density at radius 1 is 1.12 bits per heavy atom. The molecule has 1 aliphatic rings. The fraction of sp³-hybridized carbons (Fsp3) is 0. The van der Waals surface area contributed by atoms with Gasteiger partial charge in [0.05, 0.1) is 5.52 Å². The first kappa shape index (κ1) is 10.0. The van der Waals surface area contributed by atoms with Crippen LogP contribution in [0.4, 0.5) is 0 Å². The molecule has 1 aromatic heterocycles. The zero-order chi connectivity index (χ0) is 12.2. The van der Waals surface area contributed by atoms with Crippen LogP contribution in [0.1, 0.15) is 4.79 Å². The number of halogens is 1. The van der Waals surface area contributed by atoms with Crippen LogP contribution in [0.25, 0.3) is 10.9 Å². The van der Waals surface area contributed by atoms with E-state index in [1.807, 2.05) is 0 Å². The van der Waals surface area contributed by atoms with E-state index in [1.165, 1.54) is 12.1 Å². The van der Waals surface area contributed by atoms with Gasteiger partial charge in [0.1, 0.15) is 0 Å². The average molecular weight is 250 g/mol. The number of ether oxygens (including phenoxy) is 1. The topological polar surface area (TPSA) is 65.4 Å². The molecule has 17 heavy (non-hydrogen) atoms. The highest BCUT2D eigenvalue weighted by atomic mass is 35.5. The first-order valence-electron chi connectivity index (χ1n) is 4.70. The Morgan fingerprint density at radius 3 is 2.65 bits per heavy atom. The minimum absolute atomic E-state index is 0.0697. The number of fused-ring (bicyclic) bond motifs is 3. The maximum absolute atomic E-state index is 11.7. The minimum Gasteiger partial charge on any atom is -0.401 e. The first-order chi connectivity index (χ1) is 8.08. The molecule has 2 aromatic rings. The minimum atomic E-state index is -1.00. The van der Waals surface area contributed by atoms with Gasteiger partial charge < -0.3 is 4.74 Å². The lowest BCUT2D eigenvalue weighted by molar-refractivity contribution is -0.128. The molecule has 2 heterocycles. The molecule has 0 atom stereocenters. The maximum Gasteiger partial charge on any atom is 0.404 e. The summed E-state index contributed by atoms with van der Waals surface area (Å²) >= 11 is 5.80. The van der Waals surface area contributed by atoms with E-state index in [9.17, 15) is 14.4 Å². The molecule has 0 fully saturated rings. The van der Waals surface area contributed by atoms with Gasteiger partial charge in [-0.2, -0.15) is 0 Å². The highest BCUT2D eigenvalue weighted by molar-refractivity contribution is 6.37. The second kappa shape index (κ2) is 3.18. The number of esters is 1. The quantitative estimate of drug-likeness (QED) is 0.520. The summed E-state index contributed by atoms with van der Waals surface area (Å²) in [5.74, 6) is -1.90. The van der Waals surface area contributed by atoms with Crippen molar-refractivity contribution in [2.45, 2.75) is 0 Å². The molecular weight excluding hydrogens is 246 g/mol. The van der Waals surface area contributed by atoms with E-state index in [0.717, 1.165) is 10.6 Å². The molecule has 6 heteroatoms. The van der Waals surface area contributed by atoms with Crippen molar-refractivity contribution >= 4 is 34.4 Å². The largest absolute Gasteiger partial charge is 0.404 e. The van der Waals surface area contributed by atoms with Crippen LogP contribution in [-0.2, 0) is 4.79 Å². The Hall–Kier alpha value is -2.14. The standard InChI is InChI=1S/C11H4ClNO4/c12-5-1-2-6-7(3-5)13-9(4-8(6)14)17-11(16)10(13)15/h1-4H. The fourth-order valence-corrected chi connectivity index (χ4v) is 1.95. The number of pyridine rings is 1. The Kier molecular flexibility index (Phi) is 1.88. The van der Waals surface area contributed by atoms with Crippen LogP contribution in [0.15, 0.2) is 29.1 Å². The van der Waals surface area contributed by atoms with Gasteiger partial charge in [0.15, 0.2) is 5.43 Å². The molecule has 1 aliphatic heterocycles. The molecule has 0 unspecified atom stereocenters. The molecule has 0 bridgehead atoms. The monoisotopic (exact) mass is 249 g/mol. The summed E-state index contributed by atoms with van der Waals surface area (Å²) in [7, 11) is 0. The number of hydrogen-bond donors (Lipinski definition) is 0. The fourth-order valence-electron chi connectivity index (χ4n) is 1.79. The van der Waals surface area contributed by atoms with Crippen LogP contribution in [0.3, 0.4) is 0 Å². The summed E-state index contributed by atoms with van der Waals surface area (Å²) in [5, 5.41) is 0.676. The third-order valence-corrected chi connectivity index (χ3v) is 2.75. The molecule has 3 rings (SSSR count). The van der Waals surface area contributed by atoms with Gasteiger partial charge in [0.25, 0.3) is 0 Å². The summed E-state index contributed by atoms with van der Waals surface area (Å²) in [5.41, 5.74) is -0.0544. The molecule has 0 radical (unpaired) electrons. The van der Waals surface area contributed by atoms with E-state index in [-0.39, 0.29) is 16.8 Å². The molecule has 0 amide bonds. The molecule has 0 spiro atoms. The van der Waals surface area contributed by atoms with Crippen LogP contribution >= 0.6 is 11.6 Å². The van der Waals surface area contributed by atoms with Gasteiger partial charge in [0, 0.05) is 16.5 Å². The van der Waals surface area contributed by atoms with Gasteiger partial charge in [-0.15, -0.1) is 0 Å². The number of carbonyl (C=O) groups excluding carboxylic acids is 2. The molecule has 0 saturated carbocycles. The van der Waals surface area contributed by atoms with Gasteiger partial charge in [-0.3, -0.25) is 9.59 Å². The number of aromatic nitrogens is 1. The zero-order valence-electron chi connectivity index (χ0n) is 8.27. The van der Waals surface area contributed by atoms with Crippen molar-refractivity contribution in [2.75, 3.05) is 0 Å². The number of hydrogen-bond acceptors (Lipinski definition) is 4. The number of rotatable bonds is 0. The van der Waals surface area contributed by atoms with Crippen LogP contribution in [0.5, 0.6) is 5.88 Å². The normalized spacial score (nSPS) is 13.9. The Labute approximate surface area is 99.2 Å².